The number of carbonyl (C=O) groups is 1. The average molecular weight is 241 g/mol. The molecule has 6 heteroatoms. The lowest BCUT2D eigenvalue weighted by Crippen LogP contribution is -2.45. The first kappa shape index (κ1) is 11.3. The number of nitrogens with zero attached hydrogens (tertiary/aromatic N) is 2. The standard InChI is InChI=1S/C10H15N3O2S/c1-8-6-11-9(16-8)7-12-10(14)13-2-4-15-5-3-13/h6H,2-5,7H2,1H3,(H,12,14). The zero-order chi connectivity index (χ0) is 11.4. The van der Waals surface area contributed by atoms with Gasteiger partial charge in [-0.05, 0) is 6.92 Å². The van der Waals surface area contributed by atoms with Crippen molar-refractivity contribution in [3.63, 3.8) is 0 Å². The van der Waals surface area contributed by atoms with Crippen LogP contribution in [0.2, 0.25) is 0 Å². The fourth-order valence-electron chi connectivity index (χ4n) is 1.51. The molecule has 1 aromatic heterocycles. The molecule has 0 aliphatic carbocycles. The topological polar surface area (TPSA) is 54.5 Å². The highest BCUT2D eigenvalue weighted by molar-refractivity contribution is 7.11. The fraction of sp³-hybridized carbons (Fsp3) is 0.600. The minimum Gasteiger partial charge on any atom is -0.378 e. The largest absolute Gasteiger partial charge is 0.378 e. The summed E-state index contributed by atoms with van der Waals surface area (Å²) in [4.78, 5) is 18.8. The average Bonchev–Trinajstić information content (AvgIpc) is 2.73. The van der Waals surface area contributed by atoms with Gasteiger partial charge >= 0.3 is 6.03 Å². The van der Waals surface area contributed by atoms with E-state index in [2.05, 4.69) is 10.3 Å². The van der Waals surface area contributed by atoms with Crippen molar-refractivity contribution < 1.29 is 9.53 Å². The molecule has 0 radical (unpaired) electrons. The zero-order valence-corrected chi connectivity index (χ0v) is 10.0. The third-order valence-corrected chi connectivity index (χ3v) is 3.27. The van der Waals surface area contributed by atoms with Gasteiger partial charge in [-0.15, -0.1) is 11.3 Å². The van der Waals surface area contributed by atoms with E-state index >= 15 is 0 Å². The maximum atomic E-state index is 11.7. The number of nitrogens with one attached hydrogen (secondary N) is 1. The summed E-state index contributed by atoms with van der Waals surface area (Å²) in [6.07, 6.45) is 1.82. The third-order valence-electron chi connectivity index (χ3n) is 2.36. The summed E-state index contributed by atoms with van der Waals surface area (Å²) < 4.78 is 5.18. The van der Waals surface area contributed by atoms with Crippen molar-refractivity contribution >= 4 is 17.4 Å². The van der Waals surface area contributed by atoms with Crippen LogP contribution in [0.4, 0.5) is 4.79 Å². The molecule has 16 heavy (non-hydrogen) atoms. The predicted molar refractivity (Wildman–Crippen MR) is 61.5 cm³/mol. The predicted octanol–water partition coefficient (Wildman–Crippen LogP) is 0.993. The molecule has 1 aliphatic rings. The van der Waals surface area contributed by atoms with Crippen molar-refractivity contribution in [1.29, 1.82) is 0 Å². The van der Waals surface area contributed by atoms with Crippen molar-refractivity contribution in [2.75, 3.05) is 26.3 Å². The van der Waals surface area contributed by atoms with Crippen LogP contribution in [-0.2, 0) is 11.3 Å². The van der Waals surface area contributed by atoms with Gasteiger partial charge in [0.1, 0.15) is 5.01 Å². The number of aromatic nitrogens is 1. The van der Waals surface area contributed by atoms with Gasteiger partial charge in [0, 0.05) is 24.2 Å². The normalized spacial score (nSPS) is 16.2. The van der Waals surface area contributed by atoms with Gasteiger partial charge in [-0.2, -0.15) is 0 Å². The van der Waals surface area contributed by atoms with Gasteiger partial charge in [-0.25, -0.2) is 9.78 Å². The second-order valence-corrected chi connectivity index (χ2v) is 4.94. The molecule has 2 heterocycles. The number of aryl methyl sites for hydroxylation is 1. The lowest BCUT2D eigenvalue weighted by Gasteiger charge is -2.26. The molecule has 0 aromatic carbocycles. The van der Waals surface area contributed by atoms with Crippen molar-refractivity contribution in [2.24, 2.45) is 0 Å². The van der Waals surface area contributed by atoms with Crippen LogP contribution in [0.25, 0.3) is 0 Å². The van der Waals surface area contributed by atoms with Crippen LogP contribution in [0.15, 0.2) is 6.20 Å². The van der Waals surface area contributed by atoms with E-state index in [1.165, 1.54) is 0 Å². The van der Waals surface area contributed by atoms with E-state index in [-0.39, 0.29) is 6.03 Å². The number of thiazole rings is 1. The molecule has 1 aliphatic heterocycles. The van der Waals surface area contributed by atoms with Gasteiger partial charge in [-0.1, -0.05) is 0 Å². The van der Waals surface area contributed by atoms with Gasteiger partial charge in [0.2, 0.25) is 0 Å². The maximum Gasteiger partial charge on any atom is 0.317 e. The number of hydrogen-bond acceptors (Lipinski definition) is 4. The number of hydrogen-bond donors (Lipinski definition) is 1. The number of ether oxygens (including phenoxy) is 1. The lowest BCUT2D eigenvalue weighted by atomic mass is 10.4. The van der Waals surface area contributed by atoms with Crippen molar-refractivity contribution in [2.45, 2.75) is 13.5 Å². The van der Waals surface area contributed by atoms with Gasteiger partial charge in [0.15, 0.2) is 0 Å². The van der Waals surface area contributed by atoms with Crippen LogP contribution in [0, 0.1) is 6.92 Å². The lowest BCUT2D eigenvalue weighted by molar-refractivity contribution is 0.0531. The Bertz CT molecular complexity index is 361. The molecular formula is C10H15N3O2S. The number of rotatable bonds is 2. The van der Waals surface area contributed by atoms with Gasteiger partial charge in [0.25, 0.3) is 0 Å². The van der Waals surface area contributed by atoms with E-state index in [4.69, 9.17) is 4.74 Å². The van der Waals surface area contributed by atoms with E-state index in [1.54, 1.807) is 16.2 Å². The Kier molecular flexibility index (Phi) is 3.74. The molecule has 0 bridgehead atoms. The van der Waals surface area contributed by atoms with Gasteiger partial charge in [0.05, 0.1) is 19.8 Å². The summed E-state index contributed by atoms with van der Waals surface area (Å²) in [5, 5.41) is 3.80. The molecule has 1 aromatic rings. The van der Waals surface area contributed by atoms with E-state index in [0.717, 1.165) is 9.88 Å². The minimum atomic E-state index is -0.0313. The first-order valence-electron chi connectivity index (χ1n) is 5.27. The molecule has 0 spiro atoms. The van der Waals surface area contributed by atoms with Crippen molar-refractivity contribution in [3.05, 3.63) is 16.1 Å². The highest BCUT2D eigenvalue weighted by Crippen LogP contribution is 2.10. The van der Waals surface area contributed by atoms with Crippen LogP contribution < -0.4 is 5.32 Å². The van der Waals surface area contributed by atoms with Crippen LogP contribution in [0.5, 0.6) is 0 Å². The monoisotopic (exact) mass is 241 g/mol. The Morgan fingerprint density at radius 1 is 1.62 bits per heavy atom. The Balaban J connectivity index is 1.78. The van der Waals surface area contributed by atoms with Crippen LogP contribution >= 0.6 is 11.3 Å². The molecule has 1 fully saturated rings. The molecule has 0 unspecified atom stereocenters. The highest BCUT2D eigenvalue weighted by Gasteiger charge is 2.16. The molecule has 0 atom stereocenters. The summed E-state index contributed by atoms with van der Waals surface area (Å²) in [5.74, 6) is 0. The summed E-state index contributed by atoms with van der Waals surface area (Å²) in [5.41, 5.74) is 0. The summed E-state index contributed by atoms with van der Waals surface area (Å²) >= 11 is 1.61. The second kappa shape index (κ2) is 5.27. The molecule has 5 nitrogen and oxygen atoms in total. The first-order chi connectivity index (χ1) is 7.75. The molecule has 1 N–H and O–H groups in total. The fourth-order valence-corrected chi connectivity index (χ4v) is 2.24. The number of urea groups is 1. The molecule has 2 amide bonds. The number of carbonyl (C=O) groups excluding carboxylic acids is 1. The van der Waals surface area contributed by atoms with E-state index < -0.39 is 0 Å². The molecular weight excluding hydrogens is 226 g/mol. The van der Waals surface area contributed by atoms with Crippen LogP contribution in [-0.4, -0.2) is 42.2 Å². The Hall–Kier alpha value is -1.14. The van der Waals surface area contributed by atoms with Crippen LogP contribution in [0.1, 0.15) is 9.88 Å². The number of morpholine rings is 1. The second-order valence-electron chi connectivity index (χ2n) is 3.62. The van der Waals surface area contributed by atoms with E-state index in [0.29, 0.717) is 32.8 Å². The third kappa shape index (κ3) is 2.93. The Morgan fingerprint density at radius 3 is 3.00 bits per heavy atom. The van der Waals surface area contributed by atoms with Crippen LogP contribution in [0.3, 0.4) is 0 Å². The van der Waals surface area contributed by atoms with E-state index in [1.807, 2.05) is 13.1 Å². The van der Waals surface area contributed by atoms with Crippen molar-refractivity contribution in [1.82, 2.24) is 15.2 Å². The molecule has 2 rings (SSSR count). The van der Waals surface area contributed by atoms with Gasteiger partial charge in [-0.3, -0.25) is 0 Å². The first-order valence-corrected chi connectivity index (χ1v) is 6.09. The SMILES string of the molecule is Cc1cnc(CNC(=O)N2CCOCC2)s1. The minimum absolute atomic E-state index is 0.0313. The Labute approximate surface area is 98.4 Å². The smallest absolute Gasteiger partial charge is 0.317 e. The summed E-state index contributed by atoms with van der Waals surface area (Å²) in [6, 6.07) is -0.0313. The maximum absolute atomic E-state index is 11.7. The Morgan fingerprint density at radius 2 is 2.38 bits per heavy atom. The highest BCUT2D eigenvalue weighted by atomic mass is 32.1. The summed E-state index contributed by atoms with van der Waals surface area (Å²) in [6.45, 7) is 5.11. The van der Waals surface area contributed by atoms with E-state index in [9.17, 15) is 4.79 Å². The van der Waals surface area contributed by atoms with Crippen molar-refractivity contribution in [3.8, 4) is 0 Å². The molecule has 1 saturated heterocycles. The quantitative estimate of drug-likeness (QED) is 0.840. The number of amides is 2. The zero-order valence-electron chi connectivity index (χ0n) is 9.23. The van der Waals surface area contributed by atoms with Gasteiger partial charge < -0.3 is 15.0 Å². The molecule has 88 valence electrons. The molecule has 0 saturated carbocycles. The summed E-state index contributed by atoms with van der Waals surface area (Å²) in [7, 11) is 0.